The molecule has 2 aliphatic rings. The average Bonchev–Trinajstić information content (AvgIpc) is 3.30. The largest absolute Gasteiger partial charge is 0.454 e. The van der Waals surface area contributed by atoms with Gasteiger partial charge in [0, 0.05) is 5.56 Å². The van der Waals surface area contributed by atoms with Crippen LogP contribution in [0.2, 0.25) is 0 Å². The third-order valence-corrected chi connectivity index (χ3v) is 5.72. The zero-order valence-electron chi connectivity index (χ0n) is 16.5. The molecule has 1 saturated heterocycles. The second-order valence-corrected chi connectivity index (χ2v) is 7.71. The number of esters is 1. The third kappa shape index (κ3) is 3.66. The molecule has 8 nitrogen and oxygen atoms in total. The molecule has 0 radical (unpaired) electrons. The number of amides is 2. The lowest BCUT2D eigenvalue weighted by molar-refractivity contribution is -0.159. The van der Waals surface area contributed by atoms with Crippen LogP contribution in [0.3, 0.4) is 0 Å². The van der Waals surface area contributed by atoms with E-state index in [1.165, 1.54) is 6.92 Å². The first-order valence-electron chi connectivity index (χ1n) is 9.89. The highest BCUT2D eigenvalue weighted by atomic mass is 16.6. The standard InChI is InChI=1S/C21H23N3O5/c1-12-7-9-14(10-8-12)18-22-17(29-23-18)11-28-21(27)13(2)24-19(25)15-5-3-4-6-16(15)20(24)26/h7-10,13,15-16H,3-6,11H2,1-2H3/t13-,15-,16-/m0/s1. The summed E-state index contributed by atoms with van der Waals surface area (Å²) in [5.41, 5.74) is 1.91. The molecule has 2 amide bonds. The molecular formula is C21H23N3O5. The van der Waals surface area contributed by atoms with Crippen LogP contribution in [0.15, 0.2) is 28.8 Å². The van der Waals surface area contributed by atoms with Crippen LogP contribution in [0.4, 0.5) is 0 Å². The Hall–Kier alpha value is -3.03. The van der Waals surface area contributed by atoms with E-state index in [1.807, 2.05) is 31.2 Å². The molecule has 0 spiro atoms. The van der Waals surface area contributed by atoms with Gasteiger partial charge in [0.15, 0.2) is 6.61 Å². The second-order valence-electron chi connectivity index (χ2n) is 7.71. The van der Waals surface area contributed by atoms with Crippen molar-refractivity contribution in [1.82, 2.24) is 15.0 Å². The van der Waals surface area contributed by atoms with Crippen molar-refractivity contribution in [1.29, 1.82) is 0 Å². The van der Waals surface area contributed by atoms with Gasteiger partial charge in [-0.3, -0.25) is 14.5 Å². The van der Waals surface area contributed by atoms with Crippen molar-refractivity contribution in [3.63, 3.8) is 0 Å². The zero-order chi connectivity index (χ0) is 20.5. The molecule has 2 fully saturated rings. The van der Waals surface area contributed by atoms with E-state index in [4.69, 9.17) is 9.26 Å². The van der Waals surface area contributed by atoms with Crippen LogP contribution < -0.4 is 0 Å². The number of hydrogen-bond donors (Lipinski definition) is 0. The third-order valence-electron chi connectivity index (χ3n) is 5.72. The van der Waals surface area contributed by atoms with Crippen LogP contribution >= 0.6 is 0 Å². The lowest BCUT2D eigenvalue weighted by atomic mass is 9.81. The van der Waals surface area contributed by atoms with Crippen molar-refractivity contribution in [2.24, 2.45) is 11.8 Å². The summed E-state index contributed by atoms with van der Waals surface area (Å²) in [7, 11) is 0. The number of likely N-dealkylation sites (tertiary alicyclic amines) is 1. The first-order valence-corrected chi connectivity index (χ1v) is 9.89. The lowest BCUT2D eigenvalue weighted by Crippen LogP contribution is -2.44. The maximum atomic E-state index is 12.6. The fraction of sp³-hybridized carbons (Fsp3) is 0.476. The van der Waals surface area contributed by atoms with Crippen LogP contribution in [-0.4, -0.2) is 38.9 Å². The summed E-state index contributed by atoms with van der Waals surface area (Å²) in [5.74, 6) is -1.22. The Bertz CT molecular complexity index is 912. The van der Waals surface area contributed by atoms with Gasteiger partial charge < -0.3 is 9.26 Å². The SMILES string of the molecule is Cc1ccc(-c2noc(COC(=O)[C@H](C)N3C(=O)[C@H]4CCCC[C@@H]4C3=O)n2)cc1. The molecule has 152 valence electrons. The highest BCUT2D eigenvalue weighted by Crippen LogP contribution is 2.38. The van der Waals surface area contributed by atoms with E-state index in [-0.39, 0.29) is 36.1 Å². The number of fused-ring (bicyclic) bond motifs is 1. The van der Waals surface area contributed by atoms with Gasteiger partial charge in [0.25, 0.3) is 5.89 Å². The highest BCUT2D eigenvalue weighted by molar-refractivity contribution is 6.07. The molecule has 8 heteroatoms. The number of hydrogen-bond acceptors (Lipinski definition) is 7. The van der Waals surface area contributed by atoms with Crippen molar-refractivity contribution in [3.05, 3.63) is 35.7 Å². The second kappa shape index (κ2) is 7.77. The minimum atomic E-state index is -0.972. The zero-order valence-corrected chi connectivity index (χ0v) is 16.5. The molecule has 0 unspecified atom stereocenters. The quantitative estimate of drug-likeness (QED) is 0.564. The van der Waals surface area contributed by atoms with Crippen molar-refractivity contribution < 1.29 is 23.6 Å². The number of carbonyl (C=O) groups is 3. The first-order chi connectivity index (χ1) is 14.0. The van der Waals surface area contributed by atoms with Gasteiger partial charge in [-0.2, -0.15) is 4.98 Å². The number of nitrogens with zero attached hydrogens (tertiary/aromatic N) is 3. The molecule has 3 atom stereocenters. The monoisotopic (exact) mass is 397 g/mol. The number of aryl methyl sites for hydroxylation is 1. The van der Waals surface area contributed by atoms with E-state index >= 15 is 0 Å². The van der Waals surface area contributed by atoms with E-state index in [0.29, 0.717) is 18.7 Å². The maximum absolute atomic E-state index is 12.6. The summed E-state index contributed by atoms with van der Waals surface area (Å²) in [6.45, 7) is 3.28. The van der Waals surface area contributed by atoms with Crippen molar-refractivity contribution in [2.75, 3.05) is 0 Å². The number of aromatic nitrogens is 2. The predicted molar refractivity (Wildman–Crippen MR) is 101 cm³/mol. The molecule has 1 aromatic heterocycles. The van der Waals surface area contributed by atoms with Gasteiger partial charge in [0.05, 0.1) is 11.8 Å². The normalized spacial score (nSPS) is 22.5. The maximum Gasteiger partial charge on any atom is 0.329 e. The van der Waals surface area contributed by atoms with Gasteiger partial charge in [0.2, 0.25) is 17.6 Å². The fourth-order valence-corrected chi connectivity index (χ4v) is 4.06. The molecule has 29 heavy (non-hydrogen) atoms. The van der Waals surface area contributed by atoms with Crippen molar-refractivity contribution in [2.45, 2.75) is 52.2 Å². The highest BCUT2D eigenvalue weighted by Gasteiger charge is 2.51. The van der Waals surface area contributed by atoms with Crippen LogP contribution in [0.1, 0.15) is 44.1 Å². The fourth-order valence-electron chi connectivity index (χ4n) is 4.06. The Morgan fingerprint density at radius 3 is 2.41 bits per heavy atom. The topological polar surface area (TPSA) is 103 Å². The Balaban J connectivity index is 1.38. The van der Waals surface area contributed by atoms with Gasteiger partial charge in [-0.05, 0) is 26.7 Å². The van der Waals surface area contributed by atoms with Gasteiger partial charge in [-0.25, -0.2) is 4.79 Å². The molecule has 1 saturated carbocycles. The molecule has 4 rings (SSSR count). The van der Waals surface area contributed by atoms with E-state index in [9.17, 15) is 14.4 Å². The van der Waals surface area contributed by atoms with E-state index in [2.05, 4.69) is 10.1 Å². The van der Waals surface area contributed by atoms with Crippen LogP contribution in [0.25, 0.3) is 11.4 Å². The van der Waals surface area contributed by atoms with Gasteiger partial charge in [-0.15, -0.1) is 0 Å². The first kappa shape index (κ1) is 19.3. The Kier molecular flexibility index (Phi) is 5.17. The summed E-state index contributed by atoms with van der Waals surface area (Å²) in [5, 5.41) is 3.89. The summed E-state index contributed by atoms with van der Waals surface area (Å²) >= 11 is 0. The molecule has 1 aromatic carbocycles. The molecule has 1 aliphatic carbocycles. The summed E-state index contributed by atoms with van der Waals surface area (Å²) in [4.78, 5) is 43.0. The average molecular weight is 397 g/mol. The molecular weight excluding hydrogens is 374 g/mol. The molecule has 2 heterocycles. The van der Waals surface area contributed by atoms with E-state index < -0.39 is 12.0 Å². The lowest BCUT2D eigenvalue weighted by Gasteiger charge is -2.21. The predicted octanol–water partition coefficient (Wildman–Crippen LogP) is 2.65. The Morgan fingerprint density at radius 2 is 1.79 bits per heavy atom. The molecule has 0 N–H and O–H groups in total. The van der Waals surface area contributed by atoms with Crippen molar-refractivity contribution in [3.8, 4) is 11.4 Å². The summed E-state index contributed by atoms with van der Waals surface area (Å²) < 4.78 is 10.4. The Morgan fingerprint density at radius 1 is 1.17 bits per heavy atom. The summed E-state index contributed by atoms with van der Waals surface area (Å²) in [6, 6.07) is 6.66. The number of rotatable bonds is 5. The molecule has 1 aliphatic heterocycles. The van der Waals surface area contributed by atoms with Gasteiger partial charge >= 0.3 is 5.97 Å². The molecule has 2 aromatic rings. The van der Waals surface area contributed by atoms with Crippen LogP contribution in [0, 0.1) is 18.8 Å². The van der Waals surface area contributed by atoms with Gasteiger partial charge in [-0.1, -0.05) is 47.8 Å². The minimum Gasteiger partial charge on any atom is -0.454 e. The minimum absolute atomic E-state index is 0.147. The Labute approximate surface area is 168 Å². The number of benzene rings is 1. The smallest absolute Gasteiger partial charge is 0.329 e. The number of imide groups is 1. The van der Waals surface area contributed by atoms with Gasteiger partial charge in [0.1, 0.15) is 6.04 Å². The van der Waals surface area contributed by atoms with Crippen molar-refractivity contribution >= 4 is 17.8 Å². The number of carbonyl (C=O) groups excluding carboxylic acids is 3. The molecule has 0 bridgehead atoms. The summed E-state index contributed by atoms with van der Waals surface area (Å²) in [6.07, 6.45) is 3.29. The van der Waals surface area contributed by atoms with Crippen LogP contribution in [0.5, 0.6) is 0 Å². The van der Waals surface area contributed by atoms with E-state index in [0.717, 1.165) is 28.9 Å². The number of ether oxygens (including phenoxy) is 1. The van der Waals surface area contributed by atoms with Crippen LogP contribution in [-0.2, 0) is 25.7 Å². The van der Waals surface area contributed by atoms with E-state index in [1.54, 1.807) is 0 Å².